The number of hydrogen-bond donors (Lipinski definition) is 1. The lowest BCUT2D eigenvalue weighted by atomic mass is 10.0. The first-order valence-electron chi connectivity index (χ1n) is 9.99. The molecule has 2 heterocycles. The molecule has 1 N–H and O–H groups in total. The van der Waals surface area contributed by atoms with Crippen LogP contribution in [0.25, 0.3) is 11.1 Å². The number of benzene rings is 2. The third kappa shape index (κ3) is 4.74. The van der Waals surface area contributed by atoms with Crippen LogP contribution in [-0.4, -0.2) is 41.0 Å². The number of aryl methyl sites for hydroxylation is 1. The summed E-state index contributed by atoms with van der Waals surface area (Å²) in [5.74, 6) is -0.623. The van der Waals surface area contributed by atoms with Gasteiger partial charge in [0.2, 0.25) is 5.91 Å². The molecule has 3 aromatic rings. The minimum atomic E-state index is -0.555. The summed E-state index contributed by atoms with van der Waals surface area (Å²) in [6, 6.07) is 12.3. The van der Waals surface area contributed by atoms with Crippen molar-refractivity contribution in [2.75, 3.05) is 18.0 Å². The Balaban J connectivity index is 1.46. The quantitative estimate of drug-likeness (QED) is 0.660. The lowest BCUT2D eigenvalue weighted by Gasteiger charge is -2.15. The number of halogens is 1. The second-order valence-electron chi connectivity index (χ2n) is 7.63. The molecule has 1 aromatic heterocycles. The number of ether oxygens (including phenoxy) is 1. The van der Waals surface area contributed by atoms with Gasteiger partial charge < -0.3 is 10.1 Å². The van der Waals surface area contributed by atoms with Gasteiger partial charge in [0.15, 0.2) is 0 Å². The molecule has 8 heteroatoms. The van der Waals surface area contributed by atoms with Gasteiger partial charge in [0.05, 0.1) is 31.5 Å². The fourth-order valence-corrected chi connectivity index (χ4v) is 3.53. The summed E-state index contributed by atoms with van der Waals surface area (Å²) >= 11 is 0. The Bertz CT molecular complexity index is 1110. The molecule has 0 bridgehead atoms. The van der Waals surface area contributed by atoms with Gasteiger partial charge >= 0.3 is 6.09 Å². The van der Waals surface area contributed by atoms with E-state index in [0.717, 1.165) is 16.7 Å². The van der Waals surface area contributed by atoms with Crippen LogP contribution in [0.4, 0.5) is 14.9 Å². The summed E-state index contributed by atoms with van der Waals surface area (Å²) in [5.41, 5.74) is 3.78. The smallest absolute Gasteiger partial charge is 0.414 e. The number of aromatic nitrogens is 2. The van der Waals surface area contributed by atoms with Crippen molar-refractivity contribution < 1.29 is 18.7 Å². The van der Waals surface area contributed by atoms with Crippen molar-refractivity contribution in [3.63, 3.8) is 0 Å². The highest BCUT2D eigenvalue weighted by atomic mass is 19.1. The average molecular weight is 422 g/mol. The van der Waals surface area contributed by atoms with Crippen molar-refractivity contribution in [2.45, 2.75) is 26.5 Å². The number of nitrogens with one attached hydrogen (secondary N) is 1. The monoisotopic (exact) mass is 422 g/mol. The predicted octanol–water partition coefficient (Wildman–Crippen LogP) is 3.51. The Morgan fingerprint density at radius 3 is 2.68 bits per heavy atom. The third-order valence-electron chi connectivity index (χ3n) is 5.09. The number of carbonyl (C=O) groups is 2. The number of amides is 2. The lowest BCUT2D eigenvalue weighted by Crippen LogP contribution is -2.33. The Kier molecular flexibility index (Phi) is 5.70. The number of hydrogen-bond acceptors (Lipinski definition) is 4. The Hall–Kier alpha value is -3.68. The number of carbonyl (C=O) groups excluding carboxylic acids is 2. The molecule has 1 aliphatic rings. The second-order valence-corrected chi connectivity index (χ2v) is 7.63. The molecule has 0 spiro atoms. The Labute approximate surface area is 179 Å². The first kappa shape index (κ1) is 20.6. The minimum absolute atomic E-state index is 0.198. The van der Waals surface area contributed by atoms with E-state index in [1.54, 1.807) is 12.1 Å². The van der Waals surface area contributed by atoms with Gasteiger partial charge in [-0.25, -0.2) is 9.18 Å². The maximum atomic E-state index is 14.9. The van der Waals surface area contributed by atoms with Crippen LogP contribution >= 0.6 is 0 Å². The molecule has 2 aromatic carbocycles. The first-order chi connectivity index (χ1) is 14.9. The summed E-state index contributed by atoms with van der Waals surface area (Å²) in [4.78, 5) is 24.6. The molecule has 0 unspecified atom stereocenters. The summed E-state index contributed by atoms with van der Waals surface area (Å²) in [6.45, 7) is 4.51. The molecular weight excluding hydrogens is 399 g/mol. The van der Waals surface area contributed by atoms with E-state index in [1.165, 1.54) is 17.9 Å². The average Bonchev–Trinajstić information content (AvgIpc) is 3.32. The van der Waals surface area contributed by atoms with Crippen LogP contribution < -0.4 is 10.2 Å². The molecule has 0 radical (unpaired) electrons. The van der Waals surface area contributed by atoms with E-state index in [-0.39, 0.29) is 19.0 Å². The van der Waals surface area contributed by atoms with Gasteiger partial charge in [-0.15, -0.1) is 0 Å². The lowest BCUT2D eigenvalue weighted by molar-refractivity contribution is -0.119. The Morgan fingerprint density at radius 1 is 1.26 bits per heavy atom. The molecule has 0 aliphatic carbocycles. The maximum absolute atomic E-state index is 14.9. The zero-order valence-electron chi connectivity index (χ0n) is 17.3. The third-order valence-corrected chi connectivity index (χ3v) is 5.09. The van der Waals surface area contributed by atoms with Crippen LogP contribution in [0.1, 0.15) is 18.1 Å². The van der Waals surface area contributed by atoms with Crippen LogP contribution in [0.15, 0.2) is 54.9 Å². The fourth-order valence-electron chi connectivity index (χ4n) is 3.53. The zero-order valence-corrected chi connectivity index (χ0v) is 17.3. The highest BCUT2D eigenvalue weighted by molar-refractivity contribution is 5.90. The molecule has 1 atom stereocenters. The van der Waals surface area contributed by atoms with Gasteiger partial charge in [0.25, 0.3) is 0 Å². The molecule has 31 heavy (non-hydrogen) atoms. The van der Waals surface area contributed by atoms with Crippen LogP contribution in [-0.2, 0) is 16.1 Å². The number of cyclic esters (lactones) is 1. The van der Waals surface area contributed by atoms with Crippen LogP contribution in [0.2, 0.25) is 0 Å². The molecule has 160 valence electrons. The molecule has 0 saturated carbocycles. The summed E-state index contributed by atoms with van der Waals surface area (Å²) in [7, 11) is 0. The first-order valence-corrected chi connectivity index (χ1v) is 9.99. The second kappa shape index (κ2) is 8.59. The van der Waals surface area contributed by atoms with Crippen LogP contribution in [0, 0.1) is 12.7 Å². The SMILES string of the molecule is CC(=O)NC[C@H]1CN(c2ccc(-c3ccc(Cn4cc(C)cn4)cc3)c(F)c2)C(=O)O1. The normalized spacial score (nSPS) is 15.8. The largest absolute Gasteiger partial charge is 0.442 e. The van der Waals surface area contributed by atoms with Gasteiger partial charge in [-0.05, 0) is 41.8 Å². The van der Waals surface area contributed by atoms with Crippen LogP contribution in [0.3, 0.4) is 0 Å². The van der Waals surface area contributed by atoms with E-state index in [1.807, 2.05) is 48.3 Å². The van der Waals surface area contributed by atoms with Gasteiger partial charge in [-0.3, -0.25) is 14.4 Å². The maximum Gasteiger partial charge on any atom is 0.414 e. The minimum Gasteiger partial charge on any atom is -0.442 e. The topological polar surface area (TPSA) is 76.5 Å². The van der Waals surface area contributed by atoms with Crippen molar-refractivity contribution in [3.05, 3.63) is 71.8 Å². The van der Waals surface area contributed by atoms with E-state index >= 15 is 0 Å². The number of nitrogens with zero attached hydrogens (tertiary/aromatic N) is 3. The highest BCUT2D eigenvalue weighted by Gasteiger charge is 2.32. The molecule has 7 nitrogen and oxygen atoms in total. The predicted molar refractivity (Wildman–Crippen MR) is 114 cm³/mol. The van der Waals surface area contributed by atoms with E-state index < -0.39 is 18.0 Å². The van der Waals surface area contributed by atoms with E-state index in [9.17, 15) is 14.0 Å². The van der Waals surface area contributed by atoms with Crippen molar-refractivity contribution >= 4 is 17.7 Å². The van der Waals surface area contributed by atoms with Crippen molar-refractivity contribution in [1.82, 2.24) is 15.1 Å². The Morgan fingerprint density at radius 2 is 2.03 bits per heavy atom. The fraction of sp³-hybridized carbons (Fsp3) is 0.261. The molecule has 4 rings (SSSR count). The summed E-state index contributed by atoms with van der Waals surface area (Å²) < 4.78 is 22.0. The highest BCUT2D eigenvalue weighted by Crippen LogP contribution is 2.29. The van der Waals surface area contributed by atoms with E-state index in [2.05, 4.69) is 10.4 Å². The molecule has 2 amide bonds. The van der Waals surface area contributed by atoms with Crippen molar-refractivity contribution in [1.29, 1.82) is 0 Å². The molecule has 1 fully saturated rings. The summed E-state index contributed by atoms with van der Waals surface area (Å²) in [6.07, 6.45) is 2.76. The summed E-state index contributed by atoms with van der Waals surface area (Å²) in [5, 5.41) is 6.90. The zero-order chi connectivity index (χ0) is 22.0. The molecule has 1 aliphatic heterocycles. The van der Waals surface area contributed by atoms with Gasteiger partial charge in [0.1, 0.15) is 11.9 Å². The molecule has 1 saturated heterocycles. The van der Waals surface area contributed by atoms with Crippen molar-refractivity contribution in [3.8, 4) is 11.1 Å². The number of rotatable bonds is 6. The van der Waals surface area contributed by atoms with Crippen molar-refractivity contribution in [2.24, 2.45) is 0 Å². The van der Waals surface area contributed by atoms with E-state index in [0.29, 0.717) is 17.8 Å². The standard InChI is InChI=1S/C23H23FN4O3/c1-15-10-26-27(12-15)13-17-3-5-18(6-4-17)21-8-7-19(9-22(21)24)28-14-20(31-23(28)30)11-25-16(2)29/h3-10,12,20H,11,13-14H2,1-2H3,(H,25,29)/t20-/m0/s1. The van der Waals surface area contributed by atoms with E-state index in [4.69, 9.17) is 4.74 Å². The number of anilines is 1. The van der Waals surface area contributed by atoms with Gasteiger partial charge in [-0.2, -0.15) is 5.10 Å². The molecular formula is C23H23FN4O3. The van der Waals surface area contributed by atoms with Gasteiger partial charge in [-0.1, -0.05) is 24.3 Å². The van der Waals surface area contributed by atoms with Crippen LogP contribution in [0.5, 0.6) is 0 Å². The van der Waals surface area contributed by atoms with Gasteiger partial charge in [0, 0.05) is 18.7 Å².